The van der Waals surface area contributed by atoms with Gasteiger partial charge in [0, 0.05) is 13.7 Å². The molecule has 5 heteroatoms. The smallest absolute Gasteiger partial charge is 0.172 e. The number of morpholine rings is 1. The minimum atomic E-state index is -0.271. The first-order valence-electron chi connectivity index (χ1n) is 5.56. The van der Waals surface area contributed by atoms with Gasteiger partial charge in [-0.1, -0.05) is 0 Å². The highest BCUT2D eigenvalue weighted by molar-refractivity contribution is 4.85. The topological polar surface area (TPSA) is 65.7 Å². The number of methoxy groups -OCH3 is 1. The molecule has 88 valence electrons. The van der Waals surface area contributed by atoms with Gasteiger partial charge in [-0.15, -0.1) is 0 Å². The number of hydrogen-bond donors (Lipinski definition) is 2. The third-order valence-electron chi connectivity index (χ3n) is 3.07. The quantitative estimate of drug-likeness (QED) is 0.648. The van der Waals surface area contributed by atoms with Crippen molar-refractivity contribution in [2.24, 2.45) is 5.73 Å². The van der Waals surface area contributed by atoms with Crippen molar-refractivity contribution in [3.63, 3.8) is 0 Å². The normalized spacial score (nSPS) is 42.8. The van der Waals surface area contributed by atoms with E-state index in [-0.39, 0.29) is 24.5 Å². The maximum absolute atomic E-state index is 5.88. The predicted octanol–water partition coefficient (Wildman–Crippen LogP) is -0.546. The number of rotatable bonds is 2. The molecule has 4 atom stereocenters. The van der Waals surface area contributed by atoms with Crippen LogP contribution in [0.25, 0.3) is 0 Å². The lowest BCUT2D eigenvalue weighted by Gasteiger charge is -2.39. The number of hydrogen-bond acceptors (Lipinski definition) is 5. The lowest BCUT2D eigenvalue weighted by molar-refractivity contribution is -0.201. The maximum atomic E-state index is 5.88. The van der Waals surface area contributed by atoms with E-state index >= 15 is 0 Å². The van der Waals surface area contributed by atoms with Crippen LogP contribution in [0.1, 0.15) is 12.8 Å². The van der Waals surface area contributed by atoms with E-state index in [4.69, 9.17) is 19.9 Å². The molecule has 15 heavy (non-hydrogen) atoms. The van der Waals surface area contributed by atoms with Gasteiger partial charge in [0.15, 0.2) is 6.29 Å². The van der Waals surface area contributed by atoms with Gasteiger partial charge in [-0.05, 0) is 12.8 Å². The molecule has 2 aliphatic heterocycles. The van der Waals surface area contributed by atoms with Crippen molar-refractivity contribution >= 4 is 0 Å². The van der Waals surface area contributed by atoms with Crippen LogP contribution < -0.4 is 11.1 Å². The van der Waals surface area contributed by atoms with Crippen molar-refractivity contribution in [1.29, 1.82) is 0 Å². The van der Waals surface area contributed by atoms with Crippen molar-refractivity contribution < 1.29 is 14.2 Å². The lowest BCUT2D eigenvalue weighted by atomic mass is 9.99. The van der Waals surface area contributed by atoms with E-state index in [9.17, 15) is 0 Å². The molecule has 3 unspecified atom stereocenters. The van der Waals surface area contributed by atoms with E-state index < -0.39 is 0 Å². The van der Waals surface area contributed by atoms with Crippen LogP contribution in [0, 0.1) is 0 Å². The van der Waals surface area contributed by atoms with Crippen molar-refractivity contribution in [1.82, 2.24) is 5.32 Å². The second kappa shape index (κ2) is 5.23. The highest BCUT2D eigenvalue weighted by Crippen LogP contribution is 2.22. The second-order valence-electron chi connectivity index (χ2n) is 4.16. The molecule has 2 saturated heterocycles. The lowest BCUT2D eigenvalue weighted by Crippen LogP contribution is -2.55. The molecule has 0 amide bonds. The molecule has 0 aliphatic carbocycles. The molecular formula is C10H20N2O3. The molecule has 2 heterocycles. The van der Waals surface area contributed by atoms with Crippen LogP contribution in [0.4, 0.5) is 0 Å². The van der Waals surface area contributed by atoms with Gasteiger partial charge in [-0.2, -0.15) is 0 Å². The van der Waals surface area contributed by atoms with Gasteiger partial charge in [-0.25, -0.2) is 0 Å². The fourth-order valence-electron chi connectivity index (χ4n) is 2.18. The molecule has 0 bridgehead atoms. The number of ether oxygens (including phenoxy) is 3. The van der Waals surface area contributed by atoms with E-state index in [0.717, 1.165) is 32.6 Å². The molecule has 2 aliphatic rings. The van der Waals surface area contributed by atoms with Crippen LogP contribution in [0.3, 0.4) is 0 Å². The second-order valence-corrected chi connectivity index (χ2v) is 4.16. The fraction of sp³-hybridized carbons (Fsp3) is 1.00. The van der Waals surface area contributed by atoms with Crippen LogP contribution in [-0.2, 0) is 14.2 Å². The fourth-order valence-corrected chi connectivity index (χ4v) is 2.18. The Morgan fingerprint density at radius 2 is 2.27 bits per heavy atom. The first-order chi connectivity index (χ1) is 7.31. The van der Waals surface area contributed by atoms with Gasteiger partial charge in [0.25, 0.3) is 0 Å². The summed E-state index contributed by atoms with van der Waals surface area (Å²) in [5.41, 5.74) is 5.88. The molecule has 0 saturated carbocycles. The predicted molar refractivity (Wildman–Crippen MR) is 55.5 cm³/mol. The molecule has 0 aromatic heterocycles. The first kappa shape index (κ1) is 11.3. The van der Waals surface area contributed by atoms with Gasteiger partial charge in [-0.3, -0.25) is 0 Å². The van der Waals surface area contributed by atoms with Crippen LogP contribution in [0.5, 0.6) is 0 Å². The van der Waals surface area contributed by atoms with Crippen molar-refractivity contribution in [3.05, 3.63) is 0 Å². The molecule has 0 aromatic rings. The van der Waals surface area contributed by atoms with E-state index in [1.165, 1.54) is 0 Å². The molecular weight excluding hydrogens is 196 g/mol. The monoisotopic (exact) mass is 216 g/mol. The van der Waals surface area contributed by atoms with E-state index in [0.29, 0.717) is 0 Å². The summed E-state index contributed by atoms with van der Waals surface area (Å²) < 4.78 is 16.4. The average Bonchev–Trinajstić information content (AvgIpc) is 2.31. The highest BCUT2D eigenvalue weighted by atomic mass is 16.7. The Kier molecular flexibility index (Phi) is 3.93. The van der Waals surface area contributed by atoms with Crippen molar-refractivity contribution in [3.8, 4) is 0 Å². The summed E-state index contributed by atoms with van der Waals surface area (Å²) in [5, 5.41) is 3.40. The van der Waals surface area contributed by atoms with Gasteiger partial charge >= 0.3 is 0 Å². The Hall–Kier alpha value is -0.200. The zero-order chi connectivity index (χ0) is 10.7. The largest absolute Gasteiger partial charge is 0.378 e. The molecule has 5 nitrogen and oxygen atoms in total. The molecule has 0 aromatic carbocycles. The average molecular weight is 216 g/mol. The number of nitrogens with two attached hydrogens (primary N) is 1. The Bertz CT molecular complexity index is 197. The van der Waals surface area contributed by atoms with Gasteiger partial charge in [0.1, 0.15) is 0 Å². The summed E-state index contributed by atoms with van der Waals surface area (Å²) in [6, 6.07) is 0.277. The third-order valence-corrected chi connectivity index (χ3v) is 3.07. The molecule has 0 radical (unpaired) electrons. The Labute approximate surface area is 90.2 Å². The minimum Gasteiger partial charge on any atom is -0.378 e. The first-order valence-corrected chi connectivity index (χ1v) is 5.56. The van der Waals surface area contributed by atoms with E-state index in [1.54, 1.807) is 7.11 Å². The summed E-state index contributed by atoms with van der Waals surface area (Å²) in [4.78, 5) is 0. The zero-order valence-electron chi connectivity index (χ0n) is 9.15. The van der Waals surface area contributed by atoms with Crippen LogP contribution in [0.15, 0.2) is 0 Å². The summed E-state index contributed by atoms with van der Waals surface area (Å²) in [6.07, 6.45) is 1.81. The SMILES string of the molecule is CO[C@H]1OC(C2COCCN2)CCC1N. The molecule has 2 fully saturated rings. The standard InChI is InChI=1S/C10H20N2O3/c1-13-10-7(11)2-3-9(15-10)8-6-14-5-4-12-8/h7-10,12H,2-6,11H2,1H3/t7?,8?,9?,10-/m0/s1. The molecule has 0 spiro atoms. The summed E-state index contributed by atoms with van der Waals surface area (Å²) in [6.45, 7) is 2.40. The van der Waals surface area contributed by atoms with E-state index in [2.05, 4.69) is 5.32 Å². The van der Waals surface area contributed by atoms with Crippen molar-refractivity contribution in [2.45, 2.75) is 37.3 Å². The van der Waals surface area contributed by atoms with Gasteiger partial charge in [0.2, 0.25) is 0 Å². The Balaban J connectivity index is 1.87. The number of nitrogens with one attached hydrogen (secondary N) is 1. The third kappa shape index (κ3) is 2.68. The maximum Gasteiger partial charge on any atom is 0.172 e. The van der Waals surface area contributed by atoms with Crippen molar-refractivity contribution in [2.75, 3.05) is 26.9 Å². The van der Waals surface area contributed by atoms with Crippen LogP contribution in [0.2, 0.25) is 0 Å². The minimum absolute atomic E-state index is 0.00393. The highest BCUT2D eigenvalue weighted by Gasteiger charge is 2.34. The van der Waals surface area contributed by atoms with Gasteiger partial charge in [0.05, 0.1) is 31.4 Å². The summed E-state index contributed by atoms with van der Waals surface area (Å²) >= 11 is 0. The van der Waals surface area contributed by atoms with Crippen LogP contribution >= 0.6 is 0 Å². The zero-order valence-corrected chi connectivity index (χ0v) is 9.15. The van der Waals surface area contributed by atoms with Crippen LogP contribution in [-0.4, -0.2) is 51.3 Å². The molecule has 3 N–H and O–H groups in total. The summed E-state index contributed by atoms with van der Waals surface area (Å²) in [7, 11) is 1.64. The van der Waals surface area contributed by atoms with Gasteiger partial charge < -0.3 is 25.3 Å². The Morgan fingerprint density at radius 1 is 1.40 bits per heavy atom. The summed E-state index contributed by atoms with van der Waals surface area (Å²) in [5.74, 6) is 0. The Morgan fingerprint density at radius 3 is 2.93 bits per heavy atom. The molecule has 2 rings (SSSR count). The van der Waals surface area contributed by atoms with E-state index in [1.807, 2.05) is 0 Å².